The molecule has 1 aliphatic rings. The molecule has 2 N–H and O–H groups in total. The second-order valence-electron chi connectivity index (χ2n) is 7.94. The Balaban J connectivity index is 0.00000324. The van der Waals surface area contributed by atoms with Crippen molar-refractivity contribution in [2.24, 2.45) is 0 Å². The molecule has 0 amide bonds. The van der Waals surface area contributed by atoms with E-state index in [1.807, 2.05) is 11.9 Å². The van der Waals surface area contributed by atoms with E-state index in [9.17, 15) is 12.8 Å². The fourth-order valence-electron chi connectivity index (χ4n) is 3.68. The third-order valence-electron chi connectivity index (χ3n) is 5.57. The first-order chi connectivity index (χ1) is 15.8. The van der Waals surface area contributed by atoms with Gasteiger partial charge in [0.2, 0.25) is 16.0 Å². The summed E-state index contributed by atoms with van der Waals surface area (Å²) in [6, 6.07) is 14.5. The maximum absolute atomic E-state index is 13.1. The van der Waals surface area contributed by atoms with E-state index in [0.717, 1.165) is 12.8 Å². The molecule has 1 aliphatic heterocycles. The van der Waals surface area contributed by atoms with Gasteiger partial charge in [-0.3, -0.25) is 7.05 Å². The number of hydrogen-bond acceptors (Lipinski definition) is 7. The van der Waals surface area contributed by atoms with Crippen molar-refractivity contribution in [2.75, 3.05) is 30.8 Å². The van der Waals surface area contributed by atoms with Crippen molar-refractivity contribution < 1.29 is 71.0 Å². The van der Waals surface area contributed by atoms with Gasteiger partial charge in [-0.05, 0) is 80.5 Å². The fraction of sp³-hybridized carbons (Fsp3) is 0.261. The first-order valence-corrected chi connectivity index (χ1v) is 12.0. The minimum Gasteiger partial charge on any atom is -0.459 e. The summed E-state index contributed by atoms with van der Waals surface area (Å²) >= 11 is 0. The molecule has 2 aromatic carbocycles. The Hall–Kier alpha value is -1.27. The zero-order valence-corrected chi connectivity index (χ0v) is 25.0. The maximum atomic E-state index is 13.1. The molecule has 4 rings (SSSR count). The van der Waals surface area contributed by atoms with Crippen LogP contribution in [0.5, 0.6) is 0 Å². The zero-order chi connectivity index (χ0) is 23.4. The van der Waals surface area contributed by atoms with Crippen LogP contribution in [0.1, 0.15) is 12.8 Å². The molecule has 1 fully saturated rings. The van der Waals surface area contributed by atoms with Crippen molar-refractivity contribution in [3.8, 4) is 0 Å². The minimum absolute atomic E-state index is 0. The number of hydrogen-bond donors (Lipinski definition) is 2. The van der Waals surface area contributed by atoms with E-state index in [-0.39, 0.29) is 68.9 Å². The van der Waals surface area contributed by atoms with Gasteiger partial charge in [-0.2, -0.15) is 9.29 Å². The summed E-state index contributed by atoms with van der Waals surface area (Å²) in [6.07, 6.45) is 3.11. The quantitative estimate of drug-likeness (QED) is 0.421. The zero-order valence-electron chi connectivity index (χ0n) is 19.3. The summed E-state index contributed by atoms with van der Waals surface area (Å²) in [5.74, 6) is 0.568. The van der Waals surface area contributed by atoms with Crippen LogP contribution in [0, 0.1) is 12.9 Å². The van der Waals surface area contributed by atoms with Gasteiger partial charge >= 0.3 is 58.2 Å². The van der Waals surface area contributed by atoms with E-state index in [4.69, 9.17) is 0 Å². The van der Waals surface area contributed by atoms with Crippen molar-refractivity contribution in [3.05, 3.63) is 73.7 Å². The average molecular weight is 555 g/mol. The number of piperidine rings is 1. The minimum atomic E-state index is -3.55. The molecule has 3 aromatic rings. The standard InChI is InChI=1S/C23H26FN6O2S.Rb/c1-29(2)20-12-15-30(16-13-20)33(31,32)21-9-7-19(8-10-21)27-23-25-14-11-22(28-23)26-18-5-3-17(24)4-6-18;/h3-11,14,20H,1,12-13,15-16H2,2H3,(H2,25,26,27,28);/q-1;+1. The predicted octanol–water partition coefficient (Wildman–Crippen LogP) is 0.983. The van der Waals surface area contributed by atoms with Crippen molar-refractivity contribution in [3.63, 3.8) is 0 Å². The monoisotopic (exact) mass is 554 g/mol. The van der Waals surface area contributed by atoms with Gasteiger partial charge in [-0.1, -0.05) is 0 Å². The Morgan fingerprint density at radius 1 is 1.00 bits per heavy atom. The van der Waals surface area contributed by atoms with Crippen LogP contribution in [0.3, 0.4) is 0 Å². The summed E-state index contributed by atoms with van der Waals surface area (Å²) in [6.45, 7) is 0.961. The molecule has 1 saturated heterocycles. The Morgan fingerprint density at radius 3 is 2.21 bits per heavy atom. The number of aromatic nitrogens is 2. The number of sulfonamides is 1. The SMILES string of the molecule is [CH2-]N(C)C1CCN(S(=O)(=O)c2ccc(Nc3nccc(Nc4ccc(F)cc4)n3)cc2)CC1.[Rb+]. The van der Waals surface area contributed by atoms with Crippen LogP contribution in [0.25, 0.3) is 0 Å². The van der Waals surface area contributed by atoms with Gasteiger partial charge in [0, 0.05) is 30.7 Å². The second-order valence-corrected chi connectivity index (χ2v) is 9.88. The third kappa shape index (κ3) is 6.90. The van der Waals surface area contributed by atoms with E-state index in [1.165, 1.54) is 16.4 Å². The van der Waals surface area contributed by atoms with Crippen LogP contribution in [-0.2, 0) is 10.0 Å². The van der Waals surface area contributed by atoms with Crippen LogP contribution in [0.2, 0.25) is 0 Å². The van der Waals surface area contributed by atoms with Crippen LogP contribution < -0.4 is 68.8 Å². The Morgan fingerprint density at radius 2 is 1.59 bits per heavy atom. The number of nitrogens with one attached hydrogen (secondary N) is 2. The Bertz CT molecular complexity index is 1180. The van der Waals surface area contributed by atoms with Gasteiger partial charge in [-0.15, -0.1) is 0 Å². The summed E-state index contributed by atoms with van der Waals surface area (Å²) in [4.78, 5) is 10.7. The molecule has 1 aromatic heterocycles. The molecule has 2 heterocycles. The topological polar surface area (TPSA) is 90.5 Å². The van der Waals surface area contributed by atoms with Gasteiger partial charge in [0.25, 0.3) is 0 Å². The molecule has 0 radical (unpaired) electrons. The first-order valence-electron chi connectivity index (χ1n) is 10.6. The first kappa shape index (κ1) is 27.3. The predicted molar refractivity (Wildman–Crippen MR) is 126 cm³/mol. The molecule has 0 aliphatic carbocycles. The molecular formula is C23H26FN6O2RbS. The van der Waals surface area contributed by atoms with Crippen molar-refractivity contribution >= 4 is 33.2 Å². The van der Waals surface area contributed by atoms with E-state index in [0.29, 0.717) is 42.3 Å². The molecule has 11 heteroatoms. The van der Waals surface area contributed by atoms with E-state index in [1.54, 1.807) is 48.7 Å². The Kier molecular flexibility index (Phi) is 9.73. The second kappa shape index (κ2) is 12.1. The maximum Gasteiger partial charge on any atom is 1.00 e. The van der Waals surface area contributed by atoms with E-state index < -0.39 is 10.0 Å². The molecule has 0 saturated carbocycles. The van der Waals surface area contributed by atoms with Crippen LogP contribution in [-0.4, -0.2) is 53.8 Å². The molecule has 0 bridgehead atoms. The number of anilines is 4. The summed E-state index contributed by atoms with van der Waals surface area (Å²) in [7, 11) is 2.28. The molecule has 34 heavy (non-hydrogen) atoms. The molecule has 0 spiro atoms. The largest absolute Gasteiger partial charge is 1.00 e. The normalized spacial score (nSPS) is 15.1. The van der Waals surface area contributed by atoms with Crippen molar-refractivity contribution in [1.82, 2.24) is 19.2 Å². The van der Waals surface area contributed by atoms with Crippen LogP contribution in [0.4, 0.5) is 27.5 Å². The third-order valence-corrected chi connectivity index (χ3v) is 7.48. The summed E-state index contributed by atoms with van der Waals surface area (Å²) in [5, 5.41) is 6.16. The van der Waals surface area contributed by atoms with Crippen molar-refractivity contribution in [2.45, 2.75) is 23.8 Å². The van der Waals surface area contributed by atoms with E-state index >= 15 is 0 Å². The molecule has 8 nitrogen and oxygen atoms in total. The van der Waals surface area contributed by atoms with Crippen LogP contribution in [0.15, 0.2) is 65.7 Å². The Labute approximate surface area is 248 Å². The number of rotatable bonds is 7. The fourth-order valence-corrected chi connectivity index (χ4v) is 5.15. The van der Waals surface area contributed by atoms with Crippen LogP contribution >= 0.6 is 0 Å². The number of benzene rings is 2. The molecule has 174 valence electrons. The number of halogens is 1. The van der Waals surface area contributed by atoms with Gasteiger partial charge in [-0.25, -0.2) is 17.8 Å². The van der Waals surface area contributed by atoms with Gasteiger partial charge in [0.15, 0.2) is 0 Å². The molecule has 0 atom stereocenters. The van der Waals surface area contributed by atoms with Gasteiger partial charge in [0.1, 0.15) is 11.6 Å². The smallest absolute Gasteiger partial charge is 0.459 e. The summed E-state index contributed by atoms with van der Waals surface area (Å²) in [5.41, 5.74) is 1.35. The summed E-state index contributed by atoms with van der Waals surface area (Å²) < 4.78 is 40.6. The van der Waals surface area contributed by atoms with Gasteiger partial charge < -0.3 is 15.5 Å². The molecule has 0 unspecified atom stereocenters. The van der Waals surface area contributed by atoms with Crippen molar-refractivity contribution in [1.29, 1.82) is 0 Å². The number of nitrogens with zero attached hydrogens (tertiary/aromatic N) is 4. The van der Waals surface area contributed by atoms with E-state index in [2.05, 4.69) is 27.6 Å². The molecular weight excluding hydrogens is 529 g/mol. The van der Waals surface area contributed by atoms with Gasteiger partial charge in [0.05, 0.1) is 4.90 Å². The average Bonchev–Trinajstić information content (AvgIpc) is 2.81.